The molecule has 3 rings (SSSR count). The molecule has 2 aromatic rings. The van der Waals surface area contributed by atoms with Crippen molar-refractivity contribution >= 4 is 21.8 Å². The fraction of sp³-hybridized carbons (Fsp3) is 0.588. The van der Waals surface area contributed by atoms with Gasteiger partial charge >= 0.3 is 0 Å². The van der Waals surface area contributed by atoms with Crippen LogP contribution in [0.1, 0.15) is 50.7 Å². The Morgan fingerprint density at radius 2 is 2.04 bits per heavy atom. The zero-order valence-electron chi connectivity index (χ0n) is 15.1. The number of pyridine rings is 1. The molecule has 0 N–H and O–H groups in total. The smallest absolute Gasteiger partial charge is 0.244 e. The summed E-state index contributed by atoms with van der Waals surface area (Å²) in [5.74, 6) is 1.73. The maximum Gasteiger partial charge on any atom is 0.244 e. The summed E-state index contributed by atoms with van der Waals surface area (Å²) < 4.78 is 32.3. The van der Waals surface area contributed by atoms with E-state index in [0.29, 0.717) is 17.5 Å². The van der Waals surface area contributed by atoms with Gasteiger partial charge in [0.05, 0.1) is 10.8 Å². The minimum absolute atomic E-state index is 0.0908. The van der Waals surface area contributed by atoms with Gasteiger partial charge in [-0.15, -0.1) is 0 Å². The van der Waals surface area contributed by atoms with Gasteiger partial charge in [-0.1, -0.05) is 43.1 Å². The molecule has 142 valence electrons. The first-order valence-electron chi connectivity index (χ1n) is 8.89. The molecule has 0 amide bonds. The molecule has 1 aliphatic rings. The van der Waals surface area contributed by atoms with Gasteiger partial charge < -0.3 is 4.52 Å². The fourth-order valence-corrected chi connectivity index (χ4v) is 5.08. The zero-order valence-corrected chi connectivity index (χ0v) is 16.7. The lowest BCUT2D eigenvalue weighted by molar-refractivity contribution is 0.285. The maximum atomic E-state index is 12.8. The molecule has 0 aromatic carbocycles. The Morgan fingerprint density at radius 1 is 1.27 bits per heavy atom. The quantitative estimate of drug-likeness (QED) is 0.664. The minimum Gasteiger partial charge on any atom is -0.338 e. The molecule has 9 heteroatoms. The summed E-state index contributed by atoms with van der Waals surface area (Å²) in [7, 11) is -1.83. The van der Waals surface area contributed by atoms with Gasteiger partial charge in [0.2, 0.25) is 15.9 Å². The number of sulfonamides is 1. The molecule has 2 aromatic heterocycles. The lowest BCUT2D eigenvalue weighted by Crippen LogP contribution is -2.38. The van der Waals surface area contributed by atoms with Crippen LogP contribution in [0.4, 0.5) is 0 Å². The van der Waals surface area contributed by atoms with Crippen LogP contribution in [-0.2, 0) is 22.2 Å². The summed E-state index contributed by atoms with van der Waals surface area (Å²) in [6, 6.07) is 3.44. The van der Waals surface area contributed by atoms with Crippen LogP contribution in [0, 0.1) is 0 Å². The van der Waals surface area contributed by atoms with Crippen molar-refractivity contribution in [3.8, 4) is 0 Å². The SMILES string of the molecule is CCc1noc(CSc2ccc(S(=O)(=O)N(C)C3CCCCC3)cn2)n1. The molecule has 1 saturated carbocycles. The predicted octanol–water partition coefficient (Wildman–Crippen LogP) is 3.27. The molecule has 7 nitrogen and oxygen atoms in total. The average molecular weight is 397 g/mol. The molecule has 0 spiro atoms. The Kier molecular flexibility index (Phi) is 6.31. The number of hydrogen-bond donors (Lipinski definition) is 0. The molecule has 26 heavy (non-hydrogen) atoms. The highest BCUT2D eigenvalue weighted by atomic mass is 32.2. The van der Waals surface area contributed by atoms with E-state index in [0.717, 1.165) is 37.1 Å². The molecule has 0 saturated heterocycles. The topological polar surface area (TPSA) is 89.2 Å². The minimum atomic E-state index is -3.50. The van der Waals surface area contributed by atoms with Crippen molar-refractivity contribution in [2.45, 2.75) is 67.2 Å². The van der Waals surface area contributed by atoms with Crippen LogP contribution in [0.25, 0.3) is 0 Å². The molecule has 2 heterocycles. The number of thioether (sulfide) groups is 1. The second-order valence-electron chi connectivity index (χ2n) is 6.39. The van der Waals surface area contributed by atoms with Crippen molar-refractivity contribution in [1.29, 1.82) is 0 Å². The van der Waals surface area contributed by atoms with E-state index in [4.69, 9.17) is 4.52 Å². The molecule has 0 radical (unpaired) electrons. The zero-order chi connectivity index (χ0) is 18.6. The summed E-state index contributed by atoms with van der Waals surface area (Å²) >= 11 is 1.44. The third-order valence-corrected chi connectivity index (χ3v) is 7.47. The lowest BCUT2D eigenvalue weighted by atomic mass is 9.96. The van der Waals surface area contributed by atoms with E-state index in [-0.39, 0.29) is 10.9 Å². The third-order valence-electron chi connectivity index (χ3n) is 4.65. The third kappa shape index (κ3) is 4.44. The van der Waals surface area contributed by atoms with Gasteiger partial charge in [-0.05, 0) is 25.0 Å². The first-order valence-corrected chi connectivity index (χ1v) is 11.3. The number of nitrogens with zero attached hydrogens (tertiary/aromatic N) is 4. The first-order chi connectivity index (χ1) is 12.5. The van der Waals surface area contributed by atoms with Gasteiger partial charge in [-0.25, -0.2) is 13.4 Å². The van der Waals surface area contributed by atoms with E-state index in [9.17, 15) is 8.42 Å². The second kappa shape index (κ2) is 8.49. The van der Waals surface area contributed by atoms with Crippen LogP contribution < -0.4 is 0 Å². The fourth-order valence-electron chi connectivity index (χ4n) is 3.04. The van der Waals surface area contributed by atoms with Crippen LogP contribution in [-0.4, -0.2) is 40.9 Å². The summed E-state index contributed by atoms with van der Waals surface area (Å²) in [4.78, 5) is 8.77. The number of aryl methyl sites for hydroxylation is 1. The molecule has 0 atom stereocenters. The van der Waals surface area contributed by atoms with Crippen molar-refractivity contribution in [2.75, 3.05) is 7.05 Å². The lowest BCUT2D eigenvalue weighted by Gasteiger charge is -2.30. The van der Waals surface area contributed by atoms with Crippen LogP contribution in [0.3, 0.4) is 0 Å². The van der Waals surface area contributed by atoms with Crippen molar-refractivity contribution < 1.29 is 12.9 Å². The van der Waals surface area contributed by atoms with Crippen molar-refractivity contribution in [3.63, 3.8) is 0 Å². The highest BCUT2D eigenvalue weighted by Crippen LogP contribution is 2.27. The molecular formula is C17H24N4O3S2. The molecule has 0 unspecified atom stereocenters. The van der Waals surface area contributed by atoms with E-state index in [1.165, 1.54) is 28.7 Å². The number of hydrogen-bond acceptors (Lipinski definition) is 7. The summed E-state index contributed by atoms with van der Waals surface area (Å²) in [6.07, 6.45) is 7.40. The van der Waals surface area contributed by atoms with Crippen LogP contribution in [0.2, 0.25) is 0 Å². The van der Waals surface area contributed by atoms with E-state index in [2.05, 4.69) is 15.1 Å². The van der Waals surface area contributed by atoms with E-state index in [1.807, 2.05) is 6.92 Å². The molecule has 0 aliphatic heterocycles. The molecule has 0 bridgehead atoms. The molecule has 1 aliphatic carbocycles. The van der Waals surface area contributed by atoms with E-state index >= 15 is 0 Å². The maximum absolute atomic E-state index is 12.8. The normalized spacial score (nSPS) is 16.3. The van der Waals surface area contributed by atoms with Crippen molar-refractivity contribution in [1.82, 2.24) is 19.4 Å². The van der Waals surface area contributed by atoms with Crippen LogP contribution in [0.5, 0.6) is 0 Å². The molecular weight excluding hydrogens is 372 g/mol. The van der Waals surface area contributed by atoms with Crippen LogP contribution in [0.15, 0.2) is 32.8 Å². The van der Waals surface area contributed by atoms with Crippen molar-refractivity contribution in [2.24, 2.45) is 0 Å². The Bertz CT molecular complexity index is 815. The first kappa shape index (κ1) is 19.3. The van der Waals surface area contributed by atoms with Gasteiger partial charge in [0.1, 0.15) is 4.90 Å². The second-order valence-corrected chi connectivity index (χ2v) is 9.38. The average Bonchev–Trinajstić information content (AvgIpc) is 3.15. The summed E-state index contributed by atoms with van der Waals surface area (Å²) in [5, 5.41) is 4.58. The van der Waals surface area contributed by atoms with Gasteiger partial charge in [0.25, 0.3) is 0 Å². The highest BCUT2D eigenvalue weighted by molar-refractivity contribution is 7.98. The number of aromatic nitrogens is 3. The number of rotatable bonds is 7. The summed E-state index contributed by atoms with van der Waals surface area (Å²) in [6.45, 7) is 1.97. The van der Waals surface area contributed by atoms with Gasteiger partial charge in [0, 0.05) is 25.7 Å². The van der Waals surface area contributed by atoms with Crippen molar-refractivity contribution in [3.05, 3.63) is 30.0 Å². The monoisotopic (exact) mass is 396 g/mol. The Balaban J connectivity index is 1.64. The van der Waals surface area contributed by atoms with Gasteiger partial charge in [0.15, 0.2) is 5.82 Å². The predicted molar refractivity (Wildman–Crippen MR) is 99.3 cm³/mol. The largest absolute Gasteiger partial charge is 0.338 e. The highest BCUT2D eigenvalue weighted by Gasteiger charge is 2.29. The Hall–Kier alpha value is -1.45. The standard InChI is InChI=1S/C17H24N4O3S2/c1-3-15-19-16(24-20-15)12-25-17-10-9-14(11-18-17)26(22,23)21(2)13-7-5-4-6-8-13/h9-11,13H,3-8,12H2,1-2H3. The van der Waals surface area contributed by atoms with Crippen LogP contribution >= 0.6 is 11.8 Å². The van der Waals surface area contributed by atoms with E-state index < -0.39 is 10.0 Å². The Morgan fingerprint density at radius 3 is 2.65 bits per heavy atom. The summed E-state index contributed by atoms with van der Waals surface area (Å²) in [5.41, 5.74) is 0. The molecule has 1 fully saturated rings. The van der Waals surface area contributed by atoms with E-state index in [1.54, 1.807) is 19.2 Å². The van der Waals surface area contributed by atoms with Gasteiger partial charge in [-0.3, -0.25) is 0 Å². The van der Waals surface area contributed by atoms with Gasteiger partial charge in [-0.2, -0.15) is 9.29 Å². The Labute approximate surface area is 158 Å².